The molecule has 4 fully saturated rings. The van der Waals surface area contributed by atoms with E-state index in [4.69, 9.17) is 20.9 Å². The molecule has 50 heavy (non-hydrogen) atoms. The van der Waals surface area contributed by atoms with Crippen LogP contribution in [-0.2, 0) is 4.74 Å². The van der Waals surface area contributed by atoms with Crippen molar-refractivity contribution in [2.45, 2.75) is 61.9 Å². The summed E-state index contributed by atoms with van der Waals surface area (Å²) in [7, 11) is 3.23. The standard InChI is InChI=1S/C37H38F3N7O3/c1-4-26-29(39)11-8-21-6-5-7-27(30(21)26)32-31(40)33-28(15-41-32)34(46-17-23-9-10-24(18-46)42-23)44-35(43-33)50-20-37-13-12-25(19-49-36(48)45(2)3)47(37)16-22(38)14-37/h1,5-8,11,15,22-25,42H,9-10,12-14,16-20H2,2-3H3/t22-,23?,24?,25-,37+/m1/s1. The number of hydrogen-bond acceptors (Lipinski definition) is 9. The minimum atomic E-state index is -1.07. The van der Waals surface area contributed by atoms with Crippen molar-refractivity contribution >= 4 is 33.6 Å². The van der Waals surface area contributed by atoms with E-state index in [-0.39, 0.29) is 67.1 Å². The Labute approximate surface area is 288 Å². The molecule has 0 aliphatic carbocycles. The summed E-state index contributed by atoms with van der Waals surface area (Å²) in [6, 6.07) is 8.48. The van der Waals surface area contributed by atoms with Crippen LogP contribution in [0.25, 0.3) is 32.9 Å². The topological polar surface area (TPSA) is 96.0 Å². The van der Waals surface area contributed by atoms with E-state index in [1.807, 2.05) is 4.90 Å². The highest BCUT2D eigenvalue weighted by molar-refractivity contribution is 6.02. The van der Waals surface area contributed by atoms with Gasteiger partial charge < -0.3 is 24.6 Å². The number of nitrogens with zero attached hydrogens (tertiary/aromatic N) is 6. The molecule has 2 aromatic heterocycles. The average Bonchev–Trinajstić information content (AvgIpc) is 3.74. The zero-order valence-corrected chi connectivity index (χ0v) is 28.0. The summed E-state index contributed by atoms with van der Waals surface area (Å²) in [5.74, 6) is 1.65. The molecule has 2 aromatic carbocycles. The largest absolute Gasteiger partial charge is 0.461 e. The van der Waals surface area contributed by atoms with Gasteiger partial charge in [-0.15, -0.1) is 6.42 Å². The second-order valence-electron chi connectivity index (χ2n) is 14.2. The van der Waals surface area contributed by atoms with Crippen LogP contribution in [0.2, 0.25) is 0 Å². The Morgan fingerprint density at radius 2 is 1.92 bits per heavy atom. The molecule has 0 saturated carbocycles. The number of nitrogens with one attached hydrogen (secondary N) is 1. The van der Waals surface area contributed by atoms with Crippen LogP contribution in [0.5, 0.6) is 6.01 Å². The molecule has 1 N–H and O–H groups in total. The van der Waals surface area contributed by atoms with E-state index < -0.39 is 29.4 Å². The summed E-state index contributed by atoms with van der Waals surface area (Å²) in [6.07, 6.45) is 9.43. The Hall–Kier alpha value is -4.67. The highest BCUT2D eigenvalue weighted by atomic mass is 19.1. The minimum absolute atomic E-state index is 0.0144. The predicted molar refractivity (Wildman–Crippen MR) is 183 cm³/mol. The molecule has 6 heterocycles. The lowest BCUT2D eigenvalue weighted by Crippen LogP contribution is -2.51. The molecule has 0 radical (unpaired) electrons. The van der Waals surface area contributed by atoms with E-state index in [9.17, 15) is 9.18 Å². The van der Waals surface area contributed by atoms with Crippen LogP contribution in [0.15, 0.2) is 36.5 Å². The molecule has 1 amide bonds. The fourth-order valence-electron chi connectivity index (χ4n) is 8.43. The molecule has 2 bridgehead atoms. The third-order valence-electron chi connectivity index (χ3n) is 10.8. The highest BCUT2D eigenvalue weighted by Crippen LogP contribution is 2.44. The van der Waals surface area contributed by atoms with Gasteiger partial charge in [-0.05, 0) is 37.1 Å². The number of anilines is 1. The first-order valence-electron chi connectivity index (χ1n) is 17.1. The molecular formula is C37H38F3N7O3. The smallest absolute Gasteiger partial charge is 0.409 e. The second kappa shape index (κ2) is 12.6. The summed E-state index contributed by atoms with van der Waals surface area (Å²) in [6.45, 7) is 1.78. The Bertz CT molecular complexity index is 2030. The molecule has 4 saturated heterocycles. The van der Waals surface area contributed by atoms with E-state index >= 15 is 8.78 Å². The number of benzene rings is 2. The maximum atomic E-state index is 16.9. The molecule has 13 heteroatoms. The van der Waals surface area contributed by atoms with Gasteiger partial charge in [-0.2, -0.15) is 9.97 Å². The minimum Gasteiger partial charge on any atom is -0.461 e. The number of halogens is 3. The quantitative estimate of drug-likeness (QED) is 0.268. The van der Waals surface area contributed by atoms with Gasteiger partial charge in [-0.3, -0.25) is 9.88 Å². The van der Waals surface area contributed by atoms with Crippen molar-refractivity contribution < 1.29 is 27.4 Å². The van der Waals surface area contributed by atoms with Gasteiger partial charge in [0.15, 0.2) is 5.82 Å². The van der Waals surface area contributed by atoms with Crippen molar-refractivity contribution in [1.82, 2.24) is 30.1 Å². The van der Waals surface area contributed by atoms with Gasteiger partial charge in [0.1, 0.15) is 42.2 Å². The number of hydrogen-bond donors (Lipinski definition) is 1. The van der Waals surface area contributed by atoms with Crippen LogP contribution in [0.1, 0.15) is 37.7 Å². The van der Waals surface area contributed by atoms with Crippen molar-refractivity contribution in [3.05, 3.63) is 53.7 Å². The van der Waals surface area contributed by atoms with E-state index in [0.29, 0.717) is 53.5 Å². The lowest BCUT2D eigenvalue weighted by Gasteiger charge is -2.35. The first-order valence-corrected chi connectivity index (χ1v) is 17.1. The normalized spacial score (nSPS) is 26.0. The summed E-state index contributed by atoms with van der Waals surface area (Å²) < 4.78 is 58.6. The third-order valence-corrected chi connectivity index (χ3v) is 10.8. The maximum absolute atomic E-state index is 16.9. The van der Waals surface area contributed by atoms with Crippen molar-refractivity contribution in [2.75, 3.05) is 51.8 Å². The molecule has 5 atom stereocenters. The van der Waals surface area contributed by atoms with Gasteiger partial charge in [0.2, 0.25) is 0 Å². The number of amides is 1. The number of ether oxygens (including phenoxy) is 2. The van der Waals surface area contributed by atoms with Crippen LogP contribution < -0.4 is 15.0 Å². The van der Waals surface area contributed by atoms with Crippen LogP contribution in [0, 0.1) is 24.0 Å². The number of aromatic nitrogens is 3. The molecule has 260 valence electrons. The van der Waals surface area contributed by atoms with E-state index in [0.717, 1.165) is 12.8 Å². The van der Waals surface area contributed by atoms with Crippen LogP contribution in [-0.4, -0.2) is 108 Å². The van der Waals surface area contributed by atoms with E-state index in [2.05, 4.69) is 26.1 Å². The number of pyridine rings is 1. The Kier molecular flexibility index (Phi) is 8.19. The van der Waals surface area contributed by atoms with Gasteiger partial charge in [0, 0.05) is 75.4 Å². The molecule has 4 aliphatic rings. The molecule has 10 nitrogen and oxygen atoms in total. The molecule has 4 aromatic rings. The fraction of sp³-hybridized carbons (Fsp3) is 0.459. The molecule has 0 spiro atoms. The lowest BCUT2D eigenvalue weighted by molar-refractivity contribution is 0.0481. The van der Waals surface area contributed by atoms with Crippen molar-refractivity contribution in [3.8, 4) is 29.6 Å². The van der Waals surface area contributed by atoms with Gasteiger partial charge in [0.05, 0.1) is 16.5 Å². The predicted octanol–water partition coefficient (Wildman–Crippen LogP) is 5.07. The average molecular weight is 686 g/mol. The number of rotatable bonds is 7. The van der Waals surface area contributed by atoms with Crippen molar-refractivity contribution in [3.63, 3.8) is 0 Å². The monoisotopic (exact) mass is 685 g/mol. The molecular weight excluding hydrogens is 647 g/mol. The zero-order valence-electron chi connectivity index (χ0n) is 28.0. The van der Waals surface area contributed by atoms with Crippen LogP contribution in [0.4, 0.5) is 23.8 Å². The van der Waals surface area contributed by atoms with Crippen LogP contribution >= 0.6 is 0 Å². The third kappa shape index (κ3) is 5.54. The Balaban J connectivity index is 1.18. The number of fused-ring (bicyclic) bond motifs is 5. The van der Waals surface area contributed by atoms with E-state index in [1.165, 1.54) is 11.0 Å². The van der Waals surface area contributed by atoms with Crippen molar-refractivity contribution in [1.29, 1.82) is 0 Å². The first kappa shape index (κ1) is 32.5. The Morgan fingerprint density at radius 3 is 2.68 bits per heavy atom. The number of piperazine rings is 1. The molecule has 8 rings (SSSR count). The van der Waals surface area contributed by atoms with Crippen molar-refractivity contribution in [2.24, 2.45) is 0 Å². The van der Waals surface area contributed by atoms with Gasteiger partial charge in [0.25, 0.3) is 0 Å². The van der Waals surface area contributed by atoms with E-state index in [1.54, 1.807) is 44.6 Å². The second-order valence-corrected chi connectivity index (χ2v) is 14.2. The maximum Gasteiger partial charge on any atom is 0.409 e. The Morgan fingerprint density at radius 1 is 1.12 bits per heavy atom. The summed E-state index contributed by atoms with van der Waals surface area (Å²) >= 11 is 0. The zero-order chi connectivity index (χ0) is 34.7. The summed E-state index contributed by atoms with van der Waals surface area (Å²) in [5, 5.41) is 5.08. The molecule has 4 aliphatic heterocycles. The fourth-order valence-corrected chi connectivity index (χ4v) is 8.43. The van der Waals surface area contributed by atoms with Gasteiger partial charge >= 0.3 is 12.1 Å². The van der Waals surface area contributed by atoms with Gasteiger partial charge in [-0.25, -0.2) is 18.0 Å². The van der Waals surface area contributed by atoms with Gasteiger partial charge in [-0.1, -0.05) is 30.2 Å². The van der Waals surface area contributed by atoms with Crippen LogP contribution in [0.3, 0.4) is 0 Å². The highest BCUT2D eigenvalue weighted by Gasteiger charge is 2.54. The number of carbonyl (C=O) groups is 1. The SMILES string of the molecule is C#Cc1c(F)ccc2cccc(-c3ncc4c(N5CC6CCC(C5)N6)nc(OC[C@@]56CC[C@H](COC(=O)N(C)C)N5C[C@H](F)C6)nc4c3F)c12. The lowest BCUT2D eigenvalue weighted by atomic mass is 9.95. The number of alkyl halides is 1. The summed E-state index contributed by atoms with van der Waals surface area (Å²) in [4.78, 5) is 31.7. The molecule has 2 unspecified atom stereocenters. The number of terminal acetylenes is 1. The summed E-state index contributed by atoms with van der Waals surface area (Å²) in [5.41, 5.74) is -0.282. The first-order chi connectivity index (χ1) is 24.1. The number of carbonyl (C=O) groups excluding carboxylic acids is 1.